The number of nitro benzene ring substituents is 1. The smallest absolute Gasteiger partial charge is 0.292 e. The number of nitrogens with one attached hydrogen (secondary N) is 2. The van der Waals surface area contributed by atoms with Crippen LogP contribution >= 0.6 is 0 Å². The SMILES string of the molecule is O=C(NCC1CCCN(c2ccccc2[N+](=O)[O-])C1)C1CCCN1. The van der Waals surface area contributed by atoms with E-state index in [9.17, 15) is 14.9 Å². The predicted octanol–water partition coefficient (Wildman–Crippen LogP) is 1.68. The number of para-hydroxylation sites is 2. The first-order valence-corrected chi connectivity index (χ1v) is 8.64. The molecule has 2 heterocycles. The average molecular weight is 332 g/mol. The lowest BCUT2D eigenvalue weighted by Gasteiger charge is -2.34. The molecule has 2 aliphatic heterocycles. The number of rotatable bonds is 5. The van der Waals surface area contributed by atoms with E-state index in [1.54, 1.807) is 12.1 Å². The number of carbonyl (C=O) groups is 1. The van der Waals surface area contributed by atoms with Gasteiger partial charge in [0.15, 0.2) is 0 Å². The van der Waals surface area contributed by atoms with Gasteiger partial charge in [0.1, 0.15) is 5.69 Å². The van der Waals surface area contributed by atoms with Gasteiger partial charge in [-0.3, -0.25) is 14.9 Å². The minimum absolute atomic E-state index is 0.0556. The summed E-state index contributed by atoms with van der Waals surface area (Å²) in [7, 11) is 0. The first kappa shape index (κ1) is 16.7. The van der Waals surface area contributed by atoms with Gasteiger partial charge in [-0.15, -0.1) is 0 Å². The Morgan fingerprint density at radius 3 is 2.92 bits per heavy atom. The number of carbonyl (C=O) groups excluding carboxylic acids is 1. The fourth-order valence-electron chi connectivity index (χ4n) is 3.61. The molecular formula is C17H24N4O3. The number of amides is 1. The van der Waals surface area contributed by atoms with Crippen molar-refractivity contribution in [2.24, 2.45) is 5.92 Å². The van der Waals surface area contributed by atoms with E-state index < -0.39 is 0 Å². The van der Waals surface area contributed by atoms with E-state index in [4.69, 9.17) is 0 Å². The summed E-state index contributed by atoms with van der Waals surface area (Å²) in [6.45, 7) is 3.10. The van der Waals surface area contributed by atoms with Crippen LogP contribution in [-0.4, -0.2) is 43.1 Å². The molecule has 2 aliphatic rings. The van der Waals surface area contributed by atoms with E-state index in [1.807, 2.05) is 12.1 Å². The van der Waals surface area contributed by atoms with Gasteiger partial charge in [0.05, 0.1) is 11.0 Å². The molecule has 2 atom stereocenters. The summed E-state index contributed by atoms with van der Waals surface area (Å²) in [6, 6.07) is 6.82. The van der Waals surface area contributed by atoms with Crippen LogP contribution < -0.4 is 15.5 Å². The van der Waals surface area contributed by atoms with Crippen LogP contribution in [0.3, 0.4) is 0 Å². The van der Waals surface area contributed by atoms with Gasteiger partial charge in [0.25, 0.3) is 5.69 Å². The molecule has 2 fully saturated rings. The highest BCUT2D eigenvalue weighted by atomic mass is 16.6. The third kappa shape index (κ3) is 3.84. The maximum Gasteiger partial charge on any atom is 0.292 e. The molecule has 24 heavy (non-hydrogen) atoms. The van der Waals surface area contributed by atoms with E-state index >= 15 is 0 Å². The maximum absolute atomic E-state index is 12.1. The van der Waals surface area contributed by atoms with Gasteiger partial charge in [-0.2, -0.15) is 0 Å². The Morgan fingerprint density at radius 2 is 2.17 bits per heavy atom. The van der Waals surface area contributed by atoms with Crippen molar-refractivity contribution in [2.45, 2.75) is 31.7 Å². The number of hydrogen-bond donors (Lipinski definition) is 2. The van der Waals surface area contributed by atoms with Crippen LogP contribution in [0.15, 0.2) is 24.3 Å². The van der Waals surface area contributed by atoms with Gasteiger partial charge < -0.3 is 15.5 Å². The Hall–Kier alpha value is -2.15. The number of benzene rings is 1. The van der Waals surface area contributed by atoms with Crippen molar-refractivity contribution >= 4 is 17.3 Å². The van der Waals surface area contributed by atoms with Crippen molar-refractivity contribution in [3.05, 3.63) is 34.4 Å². The summed E-state index contributed by atoms with van der Waals surface area (Å²) in [5, 5.41) is 17.5. The largest absolute Gasteiger partial charge is 0.366 e. The molecule has 2 N–H and O–H groups in total. The lowest BCUT2D eigenvalue weighted by molar-refractivity contribution is -0.384. The fraction of sp³-hybridized carbons (Fsp3) is 0.588. The molecule has 3 rings (SSSR count). The van der Waals surface area contributed by atoms with Crippen molar-refractivity contribution in [1.29, 1.82) is 0 Å². The van der Waals surface area contributed by atoms with E-state index in [2.05, 4.69) is 15.5 Å². The van der Waals surface area contributed by atoms with Gasteiger partial charge in [0.2, 0.25) is 5.91 Å². The Labute approximate surface area is 141 Å². The van der Waals surface area contributed by atoms with Crippen LogP contribution in [-0.2, 0) is 4.79 Å². The van der Waals surface area contributed by atoms with Crippen molar-refractivity contribution in [2.75, 3.05) is 31.1 Å². The van der Waals surface area contributed by atoms with Crippen LogP contribution in [0.4, 0.5) is 11.4 Å². The predicted molar refractivity (Wildman–Crippen MR) is 92.1 cm³/mol. The van der Waals surface area contributed by atoms with Crippen LogP contribution in [0.5, 0.6) is 0 Å². The number of piperidine rings is 1. The van der Waals surface area contributed by atoms with Gasteiger partial charge >= 0.3 is 0 Å². The zero-order valence-electron chi connectivity index (χ0n) is 13.7. The van der Waals surface area contributed by atoms with Crippen molar-refractivity contribution in [1.82, 2.24) is 10.6 Å². The fourth-order valence-corrected chi connectivity index (χ4v) is 3.61. The number of nitro groups is 1. The Morgan fingerprint density at radius 1 is 1.33 bits per heavy atom. The van der Waals surface area contributed by atoms with Gasteiger partial charge in [-0.05, 0) is 44.2 Å². The second-order valence-corrected chi connectivity index (χ2v) is 6.59. The lowest BCUT2D eigenvalue weighted by atomic mass is 9.97. The molecular weight excluding hydrogens is 308 g/mol. The van der Waals surface area contributed by atoms with Crippen LogP contribution in [0.25, 0.3) is 0 Å². The Balaban J connectivity index is 1.58. The first-order chi connectivity index (χ1) is 11.6. The summed E-state index contributed by atoms with van der Waals surface area (Å²) < 4.78 is 0. The topological polar surface area (TPSA) is 87.5 Å². The molecule has 0 bridgehead atoms. The third-order valence-corrected chi connectivity index (χ3v) is 4.88. The van der Waals surface area contributed by atoms with Crippen molar-refractivity contribution < 1.29 is 9.72 Å². The normalized spacial score (nSPS) is 23.9. The second kappa shape index (κ2) is 7.61. The second-order valence-electron chi connectivity index (χ2n) is 6.59. The molecule has 2 saturated heterocycles. The van der Waals surface area contributed by atoms with Gasteiger partial charge in [-0.25, -0.2) is 0 Å². The summed E-state index contributed by atoms with van der Waals surface area (Å²) in [6.07, 6.45) is 3.97. The zero-order valence-corrected chi connectivity index (χ0v) is 13.7. The molecule has 1 aromatic rings. The summed E-state index contributed by atoms with van der Waals surface area (Å²) >= 11 is 0. The van der Waals surface area contributed by atoms with Crippen molar-refractivity contribution in [3.63, 3.8) is 0 Å². The zero-order chi connectivity index (χ0) is 16.9. The summed E-state index contributed by atoms with van der Waals surface area (Å²) in [5.41, 5.74) is 0.827. The molecule has 0 spiro atoms. The molecule has 0 aromatic heterocycles. The Bertz CT molecular complexity index is 601. The highest BCUT2D eigenvalue weighted by Crippen LogP contribution is 2.31. The molecule has 0 saturated carbocycles. The highest BCUT2D eigenvalue weighted by molar-refractivity contribution is 5.82. The lowest BCUT2D eigenvalue weighted by Crippen LogP contribution is -2.45. The molecule has 130 valence electrons. The van der Waals surface area contributed by atoms with Crippen molar-refractivity contribution in [3.8, 4) is 0 Å². The minimum Gasteiger partial charge on any atom is -0.366 e. The Kier molecular flexibility index (Phi) is 5.30. The molecule has 1 amide bonds. The molecule has 0 aliphatic carbocycles. The standard InChI is InChI=1S/C17H24N4O3/c22-17(14-6-3-9-18-14)19-11-13-5-4-10-20(12-13)15-7-1-2-8-16(15)21(23)24/h1-2,7-8,13-14,18H,3-6,9-12H2,(H,19,22). The molecule has 1 aromatic carbocycles. The van der Waals surface area contributed by atoms with E-state index in [0.29, 0.717) is 18.2 Å². The average Bonchev–Trinajstić information content (AvgIpc) is 3.14. The van der Waals surface area contributed by atoms with Crippen LogP contribution in [0.1, 0.15) is 25.7 Å². The third-order valence-electron chi connectivity index (χ3n) is 4.88. The van der Waals surface area contributed by atoms with E-state index in [1.165, 1.54) is 0 Å². The van der Waals surface area contributed by atoms with Crippen LogP contribution in [0, 0.1) is 16.0 Å². The molecule has 7 nitrogen and oxygen atoms in total. The molecule has 7 heteroatoms. The van der Waals surface area contributed by atoms with Crippen LogP contribution in [0.2, 0.25) is 0 Å². The molecule has 0 radical (unpaired) electrons. The highest BCUT2D eigenvalue weighted by Gasteiger charge is 2.27. The quantitative estimate of drug-likeness (QED) is 0.633. The van der Waals surface area contributed by atoms with E-state index in [0.717, 1.165) is 45.3 Å². The monoisotopic (exact) mass is 332 g/mol. The number of hydrogen-bond acceptors (Lipinski definition) is 5. The number of anilines is 1. The first-order valence-electron chi connectivity index (χ1n) is 8.64. The maximum atomic E-state index is 12.1. The number of nitrogens with zero attached hydrogens (tertiary/aromatic N) is 2. The molecule has 2 unspecified atom stereocenters. The minimum atomic E-state index is -0.327. The van der Waals surface area contributed by atoms with Gasteiger partial charge in [0, 0.05) is 25.7 Å². The van der Waals surface area contributed by atoms with E-state index in [-0.39, 0.29) is 22.6 Å². The van der Waals surface area contributed by atoms with Gasteiger partial charge in [-0.1, -0.05) is 12.1 Å². The summed E-state index contributed by atoms with van der Waals surface area (Å²) in [4.78, 5) is 25.1. The summed E-state index contributed by atoms with van der Waals surface area (Å²) in [5.74, 6) is 0.402.